The van der Waals surface area contributed by atoms with E-state index in [1.54, 1.807) is 46.0 Å². The van der Waals surface area contributed by atoms with Crippen molar-refractivity contribution in [3.8, 4) is 11.4 Å². The van der Waals surface area contributed by atoms with Crippen molar-refractivity contribution < 1.29 is 4.79 Å². The molecule has 0 spiro atoms. The fraction of sp³-hybridized carbons (Fsp3) is 0.0870. The number of ketones is 1. The van der Waals surface area contributed by atoms with Crippen molar-refractivity contribution in [3.63, 3.8) is 0 Å². The zero-order chi connectivity index (χ0) is 21.4. The molecule has 31 heavy (non-hydrogen) atoms. The molecule has 3 heterocycles. The number of hydrogen-bond acceptors (Lipinski definition) is 6. The second-order valence-electron chi connectivity index (χ2n) is 7.11. The van der Waals surface area contributed by atoms with Gasteiger partial charge in [0.1, 0.15) is 6.33 Å². The van der Waals surface area contributed by atoms with Gasteiger partial charge in [-0.3, -0.25) is 14.2 Å². The number of fused-ring (bicyclic) bond motifs is 2. The molecule has 5 rings (SSSR count). The minimum atomic E-state index is -0.211. The topological polar surface area (TPSA) is 81.0 Å². The SMILES string of the molecule is O=C(CN1c2ccccc2Cn2c1nc(-c1ccncn1)cc2=O)c1ccc(Cl)cc1. The Balaban J connectivity index is 1.62. The fourth-order valence-electron chi connectivity index (χ4n) is 3.63. The maximum absolute atomic E-state index is 13.1. The molecular formula is C23H16ClN5O2. The number of rotatable bonds is 4. The number of anilines is 2. The van der Waals surface area contributed by atoms with Crippen LogP contribution in [0.5, 0.6) is 0 Å². The summed E-state index contributed by atoms with van der Waals surface area (Å²) in [7, 11) is 0. The number of aromatic nitrogens is 4. The molecule has 0 fully saturated rings. The van der Waals surface area contributed by atoms with Gasteiger partial charge in [-0.1, -0.05) is 29.8 Å². The van der Waals surface area contributed by atoms with Crippen molar-refractivity contribution in [3.05, 3.63) is 99.7 Å². The molecule has 0 unspecified atom stereocenters. The average molecular weight is 430 g/mol. The zero-order valence-electron chi connectivity index (χ0n) is 16.3. The first kappa shape index (κ1) is 19.1. The van der Waals surface area contributed by atoms with E-state index >= 15 is 0 Å². The van der Waals surface area contributed by atoms with Crippen LogP contribution >= 0.6 is 11.6 Å². The lowest BCUT2D eigenvalue weighted by Crippen LogP contribution is -2.37. The summed E-state index contributed by atoms with van der Waals surface area (Å²) in [5, 5.41) is 0.563. The number of para-hydroxylation sites is 1. The largest absolute Gasteiger partial charge is 0.304 e. The van der Waals surface area contributed by atoms with Crippen LogP contribution < -0.4 is 10.5 Å². The highest BCUT2D eigenvalue weighted by atomic mass is 35.5. The summed E-state index contributed by atoms with van der Waals surface area (Å²) < 4.78 is 1.57. The zero-order valence-corrected chi connectivity index (χ0v) is 17.0. The summed E-state index contributed by atoms with van der Waals surface area (Å²) in [4.78, 5) is 40.6. The van der Waals surface area contributed by atoms with Crippen LogP contribution in [0.1, 0.15) is 15.9 Å². The van der Waals surface area contributed by atoms with Gasteiger partial charge in [-0.2, -0.15) is 0 Å². The Kier molecular flexibility index (Phi) is 4.80. The lowest BCUT2D eigenvalue weighted by molar-refractivity contribution is 0.100. The Morgan fingerprint density at radius 2 is 1.84 bits per heavy atom. The molecule has 0 radical (unpaired) electrons. The van der Waals surface area contributed by atoms with Crippen LogP contribution in [0.2, 0.25) is 5.02 Å². The van der Waals surface area contributed by atoms with Crippen molar-refractivity contribution in [1.29, 1.82) is 0 Å². The minimum absolute atomic E-state index is 0.0261. The summed E-state index contributed by atoms with van der Waals surface area (Å²) in [6.07, 6.45) is 3.00. The van der Waals surface area contributed by atoms with Crippen molar-refractivity contribution in [2.24, 2.45) is 0 Å². The van der Waals surface area contributed by atoms with Gasteiger partial charge in [0.25, 0.3) is 5.56 Å². The second-order valence-corrected chi connectivity index (χ2v) is 7.54. The summed E-state index contributed by atoms with van der Waals surface area (Å²) in [5.74, 6) is 0.295. The van der Waals surface area contributed by atoms with Crippen LogP contribution in [0.3, 0.4) is 0 Å². The molecule has 0 atom stereocenters. The highest BCUT2D eigenvalue weighted by molar-refractivity contribution is 6.30. The Labute approximate surface area is 182 Å². The van der Waals surface area contributed by atoms with E-state index in [2.05, 4.69) is 9.97 Å². The molecular weight excluding hydrogens is 414 g/mol. The van der Waals surface area contributed by atoms with E-state index in [0.717, 1.165) is 11.3 Å². The van der Waals surface area contributed by atoms with Crippen molar-refractivity contribution in [2.45, 2.75) is 6.54 Å². The molecule has 1 aliphatic rings. The van der Waals surface area contributed by atoms with Gasteiger partial charge in [0.2, 0.25) is 5.95 Å². The summed E-state index contributed by atoms with van der Waals surface area (Å²) >= 11 is 5.96. The average Bonchev–Trinajstić information content (AvgIpc) is 2.80. The monoisotopic (exact) mass is 429 g/mol. The molecule has 8 heteroatoms. The first-order chi connectivity index (χ1) is 15.1. The van der Waals surface area contributed by atoms with Crippen LogP contribution in [0.15, 0.2) is 78.0 Å². The Morgan fingerprint density at radius 1 is 1.03 bits per heavy atom. The Bertz CT molecular complexity index is 1340. The number of hydrogen-bond donors (Lipinski definition) is 0. The molecule has 0 aliphatic carbocycles. The smallest absolute Gasteiger partial charge is 0.255 e. The summed E-state index contributed by atoms with van der Waals surface area (Å²) in [6, 6.07) is 17.6. The standard InChI is InChI=1S/C23H16ClN5O2/c24-17-7-5-15(6-8-17)21(30)13-28-20-4-2-1-3-16(20)12-29-22(31)11-19(27-23(28)29)18-9-10-25-14-26-18/h1-11,14H,12-13H2. The Morgan fingerprint density at radius 3 is 2.61 bits per heavy atom. The third-order valence-corrected chi connectivity index (χ3v) is 5.40. The van der Waals surface area contributed by atoms with Crippen LogP contribution in [0, 0.1) is 0 Å². The number of carbonyl (C=O) groups excluding carboxylic acids is 1. The lowest BCUT2D eigenvalue weighted by Gasteiger charge is -2.32. The van der Waals surface area contributed by atoms with Gasteiger partial charge in [0.15, 0.2) is 5.78 Å². The highest BCUT2D eigenvalue weighted by Crippen LogP contribution is 2.33. The molecule has 0 saturated heterocycles. The normalized spacial score (nSPS) is 12.2. The fourth-order valence-corrected chi connectivity index (χ4v) is 3.76. The molecule has 4 aromatic rings. The van der Waals surface area contributed by atoms with E-state index in [1.807, 2.05) is 24.3 Å². The van der Waals surface area contributed by atoms with Gasteiger partial charge in [-0.25, -0.2) is 15.0 Å². The molecule has 7 nitrogen and oxygen atoms in total. The van der Waals surface area contributed by atoms with Gasteiger partial charge >= 0.3 is 0 Å². The highest BCUT2D eigenvalue weighted by Gasteiger charge is 2.27. The number of Topliss-reactive ketones (excluding diaryl/α,β-unsaturated/α-hetero) is 1. The van der Waals surface area contributed by atoms with Gasteiger partial charge in [-0.15, -0.1) is 0 Å². The van der Waals surface area contributed by atoms with Gasteiger partial charge in [0, 0.05) is 28.5 Å². The van der Waals surface area contributed by atoms with E-state index in [1.165, 1.54) is 12.4 Å². The quantitative estimate of drug-likeness (QED) is 0.460. The minimum Gasteiger partial charge on any atom is -0.304 e. The predicted molar refractivity (Wildman–Crippen MR) is 118 cm³/mol. The van der Waals surface area contributed by atoms with E-state index < -0.39 is 0 Å². The molecule has 2 aromatic carbocycles. The molecule has 1 aliphatic heterocycles. The second kappa shape index (κ2) is 7.77. The third-order valence-electron chi connectivity index (χ3n) is 5.15. The molecule has 152 valence electrons. The first-order valence-corrected chi connectivity index (χ1v) is 10.0. The lowest BCUT2D eigenvalue weighted by atomic mass is 10.1. The van der Waals surface area contributed by atoms with Crippen LogP contribution in [0.4, 0.5) is 11.6 Å². The Hall–Kier alpha value is -3.84. The number of halogens is 1. The van der Waals surface area contributed by atoms with E-state index in [-0.39, 0.29) is 17.9 Å². The predicted octanol–water partition coefficient (Wildman–Crippen LogP) is 3.74. The van der Waals surface area contributed by atoms with Crippen LogP contribution in [0.25, 0.3) is 11.4 Å². The molecule has 2 aromatic heterocycles. The maximum atomic E-state index is 13.1. The number of nitrogens with zero attached hydrogens (tertiary/aromatic N) is 5. The number of benzene rings is 2. The van der Waals surface area contributed by atoms with Gasteiger partial charge < -0.3 is 4.90 Å². The van der Waals surface area contributed by atoms with Crippen LogP contribution in [-0.4, -0.2) is 31.8 Å². The van der Waals surface area contributed by atoms with Crippen LogP contribution in [-0.2, 0) is 6.54 Å². The number of carbonyl (C=O) groups is 1. The van der Waals surface area contributed by atoms with E-state index in [4.69, 9.17) is 16.6 Å². The van der Waals surface area contributed by atoms with Gasteiger partial charge in [-0.05, 0) is 42.0 Å². The van der Waals surface area contributed by atoms with E-state index in [0.29, 0.717) is 34.5 Å². The van der Waals surface area contributed by atoms with Crippen molar-refractivity contribution in [1.82, 2.24) is 19.5 Å². The third kappa shape index (κ3) is 3.60. The van der Waals surface area contributed by atoms with E-state index in [9.17, 15) is 9.59 Å². The molecule has 0 bridgehead atoms. The summed E-state index contributed by atoms with van der Waals surface area (Å²) in [5.41, 5.74) is 3.08. The molecule has 0 amide bonds. The molecule has 0 N–H and O–H groups in total. The summed E-state index contributed by atoms with van der Waals surface area (Å²) in [6.45, 7) is 0.408. The maximum Gasteiger partial charge on any atom is 0.255 e. The molecule has 0 saturated carbocycles. The van der Waals surface area contributed by atoms with Crippen molar-refractivity contribution in [2.75, 3.05) is 11.4 Å². The van der Waals surface area contributed by atoms with Gasteiger partial charge in [0.05, 0.1) is 24.5 Å². The van der Waals surface area contributed by atoms with Crippen molar-refractivity contribution >= 4 is 29.0 Å². The first-order valence-electron chi connectivity index (χ1n) is 9.62.